The summed E-state index contributed by atoms with van der Waals surface area (Å²) in [6, 6.07) is 0. The maximum Gasteiger partial charge on any atom is 0.158 e. The maximum absolute atomic E-state index is 12.5. The van der Waals surface area contributed by atoms with Crippen molar-refractivity contribution in [3.8, 4) is 0 Å². The Bertz CT molecular complexity index is 693. The van der Waals surface area contributed by atoms with E-state index >= 15 is 0 Å². The molecule has 4 aliphatic carbocycles. The summed E-state index contributed by atoms with van der Waals surface area (Å²) in [6.45, 7) is 4.46. The fraction of sp³-hybridized carbons (Fsp3) is 0.714. The molecule has 1 unspecified atom stereocenters. The second-order valence-electron chi connectivity index (χ2n) is 8.91. The lowest BCUT2D eigenvalue weighted by Crippen LogP contribution is -2.50. The second-order valence-corrected chi connectivity index (χ2v) is 9.67. The Morgan fingerprint density at radius 1 is 1.32 bits per heavy atom. The van der Waals surface area contributed by atoms with Crippen LogP contribution in [0.25, 0.3) is 0 Å². The van der Waals surface area contributed by atoms with Gasteiger partial charge >= 0.3 is 0 Å². The quantitative estimate of drug-likeness (QED) is 0.390. The summed E-state index contributed by atoms with van der Waals surface area (Å²) in [6.07, 6.45) is 8.79. The van der Waals surface area contributed by atoms with Gasteiger partial charge in [0.1, 0.15) is 5.78 Å². The van der Waals surface area contributed by atoms with E-state index < -0.39 is 6.10 Å². The molecule has 6 atom stereocenters. The number of carbonyl (C=O) groups excluding carboxylic acids is 2. The lowest BCUT2D eigenvalue weighted by Gasteiger charge is -2.54. The molecule has 4 aliphatic rings. The van der Waals surface area contributed by atoms with Gasteiger partial charge in [-0.05, 0) is 62.4 Å². The lowest BCUT2D eigenvalue weighted by atomic mass is 9.50. The highest BCUT2D eigenvalue weighted by Gasteiger charge is 2.58. The number of alkyl halides is 1. The third kappa shape index (κ3) is 2.39. The highest BCUT2D eigenvalue weighted by Crippen LogP contribution is 2.64. The normalized spacial score (nSPS) is 45.8. The van der Waals surface area contributed by atoms with Gasteiger partial charge in [0.15, 0.2) is 5.78 Å². The lowest BCUT2D eigenvalue weighted by molar-refractivity contribution is -0.124. The number of allylic oxidation sites excluding steroid dienone is 2. The van der Waals surface area contributed by atoms with Crippen LogP contribution in [0.15, 0.2) is 23.3 Å². The summed E-state index contributed by atoms with van der Waals surface area (Å²) >= 11 is 2.20. The van der Waals surface area contributed by atoms with E-state index in [2.05, 4.69) is 42.5 Å². The number of rotatable bonds is 2. The third-order valence-electron chi connectivity index (χ3n) is 7.96. The van der Waals surface area contributed by atoms with Crippen LogP contribution in [-0.2, 0) is 9.59 Å². The van der Waals surface area contributed by atoms with E-state index in [0.29, 0.717) is 22.0 Å². The molecular formula is C21H27IO3. The van der Waals surface area contributed by atoms with Gasteiger partial charge in [0, 0.05) is 17.8 Å². The molecule has 136 valence electrons. The van der Waals surface area contributed by atoms with Crippen molar-refractivity contribution in [3.63, 3.8) is 0 Å². The first-order valence-corrected chi connectivity index (χ1v) is 11.1. The van der Waals surface area contributed by atoms with Crippen LogP contribution in [0.1, 0.15) is 52.4 Å². The summed E-state index contributed by atoms with van der Waals surface area (Å²) in [4.78, 5) is 24.4. The van der Waals surface area contributed by atoms with Crippen LogP contribution in [0.5, 0.6) is 0 Å². The van der Waals surface area contributed by atoms with Gasteiger partial charge in [-0.3, -0.25) is 9.59 Å². The molecular weight excluding hydrogens is 427 g/mol. The van der Waals surface area contributed by atoms with Crippen LogP contribution in [0.3, 0.4) is 0 Å². The van der Waals surface area contributed by atoms with Crippen molar-refractivity contribution in [2.75, 3.05) is 4.43 Å². The Hall–Kier alpha value is -0.490. The molecule has 0 spiro atoms. The number of Topliss-reactive ketones (excluding diaryl/α,β-unsaturated/α-hetero) is 1. The van der Waals surface area contributed by atoms with E-state index in [1.807, 2.05) is 0 Å². The van der Waals surface area contributed by atoms with Gasteiger partial charge in [-0.15, -0.1) is 0 Å². The van der Waals surface area contributed by atoms with E-state index in [1.165, 1.54) is 5.57 Å². The Kier molecular flexibility index (Phi) is 4.31. The molecule has 25 heavy (non-hydrogen) atoms. The minimum Gasteiger partial charge on any atom is -0.391 e. The molecule has 0 aromatic carbocycles. The minimum atomic E-state index is -0.605. The van der Waals surface area contributed by atoms with E-state index in [4.69, 9.17) is 0 Å². The molecule has 1 N–H and O–H groups in total. The molecule has 0 aromatic heterocycles. The van der Waals surface area contributed by atoms with Gasteiger partial charge in [-0.2, -0.15) is 0 Å². The van der Waals surface area contributed by atoms with Crippen LogP contribution in [-0.4, -0.2) is 27.2 Å². The summed E-state index contributed by atoms with van der Waals surface area (Å²) < 4.78 is 0.609. The molecule has 4 heteroatoms. The molecule has 3 nitrogen and oxygen atoms in total. The minimum absolute atomic E-state index is 0.0632. The van der Waals surface area contributed by atoms with E-state index in [0.717, 1.165) is 37.7 Å². The van der Waals surface area contributed by atoms with Crippen molar-refractivity contribution in [1.82, 2.24) is 0 Å². The van der Waals surface area contributed by atoms with Gasteiger partial charge < -0.3 is 5.11 Å². The van der Waals surface area contributed by atoms with Crippen LogP contribution < -0.4 is 0 Å². The van der Waals surface area contributed by atoms with Crippen LogP contribution in [0.2, 0.25) is 0 Å². The van der Waals surface area contributed by atoms with Crippen molar-refractivity contribution >= 4 is 34.2 Å². The highest BCUT2D eigenvalue weighted by molar-refractivity contribution is 14.1. The zero-order valence-electron chi connectivity index (χ0n) is 15.1. The summed E-state index contributed by atoms with van der Waals surface area (Å²) in [5, 5.41) is 10.8. The molecule has 0 saturated heterocycles. The largest absolute Gasteiger partial charge is 0.391 e. The molecule has 0 aromatic rings. The van der Waals surface area contributed by atoms with Gasteiger partial charge in [0.05, 0.1) is 10.5 Å². The smallest absolute Gasteiger partial charge is 0.158 e. The van der Waals surface area contributed by atoms with Crippen molar-refractivity contribution in [2.45, 2.75) is 58.5 Å². The number of aliphatic hydroxyl groups is 1. The first kappa shape index (κ1) is 17.9. The first-order valence-electron chi connectivity index (χ1n) is 9.53. The topological polar surface area (TPSA) is 54.4 Å². The molecule has 4 rings (SSSR count). The fourth-order valence-corrected chi connectivity index (χ4v) is 7.06. The number of hydrogen-bond donors (Lipinski definition) is 1. The SMILES string of the molecule is C[C@@]12C(=CC(=O)CC1O)CC[C@@H]1C2=CC[C@]2(C)[C@@H](C(=O)CI)CC[C@@H]12. The molecule has 0 amide bonds. The van der Waals surface area contributed by atoms with Crippen LogP contribution >= 0.6 is 22.6 Å². The monoisotopic (exact) mass is 454 g/mol. The fourth-order valence-electron chi connectivity index (χ4n) is 6.52. The Morgan fingerprint density at radius 2 is 2.08 bits per heavy atom. The predicted octanol–water partition coefficient (Wildman–Crippen LogP) is 4.03. The molecule has 2 saturated carbocycles. The zero-order valence-corrected chi connectivity index (χ0v) is 17.2. The molecule has 2 fully saturated rings. The number of aliphatic hydroxyl groups excluding tert-OH is 1. The molecule has 0 aliphatic heterocycles. The zero-order chi connectivity index (χ0) is 18.0. The van der Waals surface area contributed by atoms with Crippen molar-refractivity contribution in [2.24, 2.45) is 28.6 Å². The van der Waals surface area contributed by atoms with Crippen LogP contribution in [0.4, 0.5) is 0 Å². The van der Waals surface area contributed by atoms with Crippen molar-refractivity contribution < 1.29 is 14.7 Å². The number of fused-ring (bicyclic) bond motifs is 5. The standard InChI is InChI=1S/C21H27IO3/c1-20-8-7-16-14(15(20)5-6-17(20)18(24)11-22)4-3-12-9-13(23)10-19(25)21(12,16)2/h7,9,14-15,17,19,25H,3-6,8,10-11H2,1-2H3/t14-,15-,17+,19?,20-,21-/m0/s1. The summed E-state index contributed by atoms with van der Waals surface area (Å²) in [5.41, 5.74) is 2.18. The molecule has 0 heterocycles. The Balaban J connectivity index is 1.75. The molecule has 0 bridgehead atoms. The summed E-state index contributed by atoms with van der Waals surface area (Å²) in [7, 11) is 0. The predicted molar refractivity (Wildman–Crippen MR) is 105 cm³/mol. The highest BCUT2D eigenvalue weighted by atomic mass is 127. The number of ketones is 2. The average molecular weight is 454 g/mol. The van der Waals surface area contributed by atoms with Gasteiger partial charge in [0.2, 0.25) is 0 Å². The Morgan fingerprint density at radius 3 is 2.80 bits per heavy atom. The van der Waals surface area contributed by atoms with E-state index in [1.54, 1.807) is 6.08 Å². The molecule has 0 radical (unpaired) electrons. The first-order chi connectivity index (χ1) is 11.8. The van der Waals surface area contributed by atoms with Gasteiger partial charge in [-0.1, -0.05) is 46.7 Å². The van der Waals surface area contributed by atoms with Crippen molar-refractivity contribution in [1.29, 1.82) is 0 Å². The number of hydrogen-bond acceptors (Lipinski definition) is 3. The second kappa shape index (κ2) is 6.01. The van der Waals surface area contributed by atoms with E-state index in [9.17, 15) is 14.7 Å². The van der Waals surface area contributed by atoms with Gasteiger partial charge in [0.25, 0.3) is 0 Å². The van der Waals surface area contributed by atoms with Crippen LogP contribution in [0, 0.1) is 28.6 Å². The Labute approximate surface area is 163 Å². The average Bonchev–Trinajstić information content (AvgIpc) is 2.93. The number of halogens is 1. The van der Waals surface area contributed by atoms with E-state index in [-0.39, 0.29) is 29.0 Å². The number of carbonyl (C=O) groups is 2. The van der Waals surface area contributed by atoms with Gasteiger partial charge in [-0.25, -0.2) is 0 Å². The third-order valence-corrected chi connectivity index (χ3v) is 8.72. The summed E-state index contributed by atoms with van der Waals surface area (Å²) in [5.74, 6) is 1.65. The van der Waals surface area contributed by atoms with Crippen molar-refractivity contribution in [3.05, 3.63) is 23.3 Å². The maximum atomic E-state index is 12.5.